The quantitative estimate of drug-likeness (QED) is 0.452. The summed E-state index contributed by atoms with van der Waals surface area (Å²) in [6.07, 6.45) is 1.41. The van der Waals surface area contributed by atoms with E-state index >= 15 is 0 Å². The van der Waals surface area contributed by atoms with Gasteiger partial charge in [-0.3, -0.25) is 10.2 Å². The largest absolute Gasteiger partial charge is 0.396 e. The number of hydrogen-bond donors (Lipinski definition) is 3. The average Bonchev–Trinajstić information content (AvgIpc) is 2.45. The van der Waals surface area contributed by atoms with Crippen molar-refractivity contribution in [1.82, 2.24) is 5.32 Å². The Morgan fingerprint density at radius 2 is 2.29 bits per heavy atom. The molecule has 1 rings (SSSR count). The number of nitrogens with one attached hydrogen (secondary N) is 2. The van der Waals surface area contributed by atoms with Crippen molar-refractivity contribution in [3.8, 4) is 0 Å². The Balaban J connectivity index is 2.64. The fraction of sp³-hybridized carbons (Fsp3) is 0.600. The van der Waals surface area contributed by atoms with Gasteiger partial charge in [-0.2, -0.15) is 0 Å². The van der Waals surface area contributed by atoms with E-state index in [0.717, 1.165) is 17.6 Å². The number of aliphatic hydroxyl groups is 1. The highest BCUT2D eigenvalue weighted by atomic mass is 16.3. The number of hydrogen-bond acceptors (Lipinski definition) is 3. The molecule has 1 unspecified atom stereocenters. The van der Waals surface area contributed by atoms with Crippen molar-refractivity contribution in [3.05, 3.63) is 11.1 Å². The second-order valence-corrected chi connectivity index (χ2v) is 3.79. The lowest BCUT2D eigenvalue weighted by Gasteiger charge is -2.06. The summed E-state index contributed by atoms with van der Waals surface area (Å²) < 4.78 is 0. The number of amides is 1. The van der Waals surface area contributed by atoms with Crippen molar-refractivity contribution in [3.63, 3.8) is 0 Å². The van der Waals surface area contributed by atoms with Crippen LogP contribution in [-0.2, 0) is 4.79 Å². The molecule has 4 heteroatoms. The van der Waals surface area contributed by atoms with Crippen LogP contribution in [0.1, 0.15) is 26.7 Å². The van der Waals surface area contributed by atoms with E-state index < -0.39 is 0 Å². The summed E-state index contributed by atoms with van der Waals surface area (Å²) in [7, 11) is 0. The zero-order chi connectivity index (χ0) is 10.7. The van der Waals surface area contributed by atoms with Crippen molar-refractivity contribution in [2.75, 3.05) is 6.61 Å². The molecule has 3 N–H and O–H groups in total. The van der Waals surface area contributed by atoms with Crippen LogP contribution >= 0.6 is 0 Å². The van der Waals surface area contributed by atoms with E-state index in [4.69, 9.17) is 10.5 Å². The lowest BCUT2D eigenvalue weighted by molar-refractivity contribution is -0.116. The van der Waals surface area contributed by atoms with Gasteiger partial charge in [0, 0.05) is 12.2 Å². The number of allylic oxidation sites excluding steroid dienone is 1. The van der Waals surface area contributed by atoms with Crippen LogP contribution in [0.4, 0.5) is 0 Å². The SMILES string of the molecule is CC(=N)NC(=O)C1=C(C)CC(CO)C1. The van der Waals surface area contributed by atoms with Gasteiger partial charge in [0.05, 0.1) is 5.84 Å². The van der Waals surface area contributed by atoms with Crippen molar-refractivity contribution < 1.29 is 9.90 Å². The van der Waals surface area contributed by atoms with Gasteiger partial charge in [0.2, 0.25) is 0 Å². The predicted octanol–water partition coefficient (Wildman–Crippen LogP) is 0.819. The smallest absolute Gasteiger partial charge is 0.252 e. The molecule has 1 atom stereocenters. The lowest BCUT2D eigenvalue weighted by atomic mass is 10.1. The van der Waals surface area contributed by atoms with Gasteiger partial charge in [-0.05, 0) is 32.6 Å². The topological polar surface area (TPSA) is 73.2 Å². The molecule has 14 heavy (non-hydrogen) atoms. The Hall–Kier alpha value is -1.16. The third kappa shape index (κ3) is 2.42. The molecule has 0 radical (unpaired) electrons. The highest BCUT2D eigenvalue weighted by Crippen LogP contribution is 2.30. The highest BCUT2D eigenvalue weighted by Gasteiger charge is 2.25. The Bertz CT molecular complexity index is 294. The molecule has 0 bridgehead atoms. The minimum atomic E-state index is -0.189. The van der Waals surface area contributed by atoms with E-state index in [1.54, 1.807) is 0 Å². The van der Waals surface area contributed by atoms with Crippen LogP contribution in [0.2, 0.25) is 0 Å². The molecule has 0 saturated heterocycles. The molecule has 78 valence electrons. The summed E-state index contributed by atoms with van der Waals surface area (Å²) in [5, 5.41) is 18.6. The Kier molecular flexibility index (Phi) is 3.41. The van der Waals surface area contributed by atoms with Crippen LogP contribution in [0.5, 0.6) is 0 Å². The van der Waals surface area contributed by atoms with Gasteiger partial charge >= 0.3 is 0 Å². The predicted molar refractivity (Wildman–Crippen MR) is 54.1 cm³/mol. The van der Waals surface area contributed by atoms with E-state index in [0.29, 0.717) is 6.42 Å². The molecule has 0 aromatic carbocycles. The molecule has 0 aromatic heterocycles. The van der Waals surface area contributed by atoms with Crippen molar-refractivity contribution in [2.24, 2.45) is 5.92 Å². The highest BCUT2D eigenvalue weighted by molar-refractivity contribution is 6.05. The summed E-state index contributed by atoms with van der Waals surface area (Å²) in [6, 6.07) is 0. The number of carbonyl (C=O) groups excluding carboxylic acids is 1. The number of amidine groups is 1. The van der Waals surface area contributed by atoms with Crippen LogP contribution < -0.4 is 5.32 Å². The normalized spacial score (nSPS) is 21.2. The second-order valence-electron chi connectivity index (χ2n) is 3.79. The van der Waals surface area contributed by atoms with Gasteiger partial charge in [0.1, 0.15) is 0 Å². The number of aliphatic hydroxyl groups excluding tert-OH is 1. The molecule has 1 aliphatic rings. The van der Waals surface area contributed by atoms with E-state index in [9.17, 15) is 4.79 Å². The van der Waals surface area contributed by atoms with Gasteiger partial charge in [0.25, 0.3) is 5.91 Å². The van der Waals surface area contributed by atoms with Crippen molar-refractivity contribution in [2.45, 2.75) is 26.7 Å². The Labute approximate surface area is 83.5 Å². The lowest BCUT2D eigenvalue weighted by Crippen LogP contribution is -2.29. The van der Waals surface area contributed by atoms with Crippen LogP contribution in [0.25, 0.3) is 0 Å². The first-order chi connectivity index (χ1) is 6.54. The first kappa shape index (κ1) is 10.9. The monoisotopic (exact) mass is 196 g/mol. The van der Waals surface area contributed by atoms with Gasteiger partial charge in [-0.15, -0.1) is 0 Å². The summed E-state index contributed by atoms with van der Waals surface area (Å²) in [5.41, 5.74) is 1.76. The van der Waals surface area contributed by atoms with Crippen LogP contribution in [0.15, 0.2) is 11.1 Å². The molecule has 0 aliphatic heterocycles. The van der Waals surface area contributed by atoms with E-state index in [1.165, 1.54) is 6.92 Å². The Morgan fingerprint density at radius 1 is 1.64 bits per heavy atom. The van der Waals surface area contributed by atoms with Crippen LogP contribution in [0, 0.1) is 11.3 Å². The number of rotatable bonds is 2. The van der Waals surface area contributed by atoms with Gasteiger partial charge < -0.3 is 10.4 Å². The van der Waals surface area contributed by atoms with E-state index in [-0.39, 0.29) is 24.3 Å². The molecule has 0 heterocycles. The molecule has 0 spiro atoms. The Morgan fingerprint density at radius 3 is 2.71 bits per heavy atom. The standard InChI is InChI=1S/C10H16N2O2/c1-6-3-8(5-13)4-9(6)10(14)12-7(2)11/h8,13H,3-5H2,1-2H3,(H2,11,12,14). The third-order valence-corrected chi connectivity index (χ3v) is 2.44. The molecule has 1 amide bonds. The summed E-state index contributed by atoms with van der Waals surface area (Å²) in [5.74, 6) is 0.149. The van der Waals surface area contributed by atoms with Gasteiger partial charge in [-0.1, -0.05) is 5.57 Å². The van der Waals surface area contributed by atoms with Crippen LogP contribution in [-0.4, -0.2) is 23.5 Å². The van der Waals surface area contributed by atoms with Gasteiger partial charge in [0.15, 0.2) is 0 Å². The molecule has 1 aliphatic carbocycles. The van der Waals surface area contributed by atoms with E-state index in [2.05, 4.69) is 5.32 Å². The van der Waals surface area contributed by atoms with Crippen molar-refractivity contribution >= 4 is 11.7 Å². The molecule has 4 nitrogen and oxygen atoms in total. The zero-order valence-corrected chi connectivity index (χ0v) is 8.55. The minimum absolute atomic E-state index is 0.123. The zero-order valence-electron chi connectivity index (χ0n) is 8.55. The summed E-state index contributed by atoms with van der Waals surface area (Å²) in [6.45, 7) is 3.56. The summed E-state index contributed by atoms with van der Waals surface area (Å²) in [4.78, 5) is 11.5. The molecule has 0 fully saturated rings. The fourth-order valence-electron chi connectivity index (χ4n) is 1.75. The minimum Gasteiger partial charge on any atom is -0.396 e. The maximum atomic E-state index is 11.5. The first-order valence-corrected chi connectivity index (χ1v) is 4.70. The average molecular weight is 196 g/mol. The van der Waals surface area contributed by atoms with Crippen molar-refractivity contribution in [1.29, 1.82) is 5.41 Å². The first-order valence-electron chi connectivity index (χ1n) is 4.70. The molecule has 0 aromatic rings. The van der Waals surface area contributed by atoms with Crippen LogP contribution in [0.3, 0.4) is 0 Å². The maximum absolute atomic E-state index is 11.5. The maximum Gasteiger partial charge on any atom is 0.252 e. The third-order valence-electron chi connectivity index (χ3n) is 2.44. The fourth-order valence-corrected chi connectivity index (χ4v) is 1.75. The summed E-state index contributed by atoms with van der Waals surface area (Å²) >= 11 is 0. The van der Waals surface area contributed by atoms with E-state index in [1.807, 2.05) is 6.92 Å². The second kappa shape index (κ2) is 4.37. The molecular formula is C10H16N2O2. The molecule has 0 saturated carbocycles. The van der Waals surface area contributed by atoms with Gasteiger partial charge in [-0.25, -0.2) is 0 Å². The number of carbonyl (C=O) groups is 1. The molecular weight excluding hydrogens is 180 g/mol.